The van der Waals surface area contributed by atoms with E-state index in [0.29, 0.717) is 37.6 Å². The predicted molar refractivity (Wildman–Crippen MR) is 115 cm³/mol. The van der Waals surface area contributed by atoms with Crippen molar-refractivity contribution in [2.45, 2.75) is 6.92 Å². The number of aromatic nitrogens is 3. The largest absolute Gasteiger partial charge is 0.334 e. The molecule has 1 N–H and O–H groups in total. The fraction of sp³-hybridized carbons (Fsp3) is 0.227. The Labute approximate surface area is 179 Å². The van der Waals surface area contributed by atoms with Crippen LogP contribution in [0.15, 0.2) is 60.9 Å². The second-order valence-electron chi connectivity index (χ2n) is 7.16. The average Bonchev–Trinajstić information content (AvgIpc) is 3.26. The number of piperazine rings is 1. The Morgan fingerprint density at radius 2 is 1.65 bits per heavy atom. The van der Waals surface area contributed by atoms with Gasteiger partial charge in [-0.3, -0.25) is 14.6 Å². The van der Waals surface area contributed by atoms with Crippen LogP contribution < -0.4 is 5.32 Å². The van der Waals surface area contributed by atoms with E-state index in [1.54, 1.807) is 40.4 Å². The van der Waals surface area contributed by atoms with Crippen molar-refractivity contribution in [1.82, 2.24) is 24.6 Å². The molecule has 3 heterocycles. The molecule has 158 valence electrons. The number of benzene rings is 1. The Bertz CT molecular complexity index is 1090. The zero-order valence-electron chi connectivity index (χ0n) is 17.1. The minimum Gasteiger partial charge on any atom is -0.334 e. The number of rotatable bonds is 3. The molecule has 0 spiro atoms. The number of nitrogens with zero attached hydrogens (tertiary/aromatic N) is 5. The summed E-state index contributed by atoms with van der Waals surface area (Å²) < 4.78 is 1.25. The van der Waals surface area contributed by atoms with E-state index in [1.807, 2.05) is 30.3 Å². The van der Waals surface area contributed by atoms with E-state index in [2.05, 4.69) is 15.4 Å². The topological polar surface area (TPSA) is 100 Å². The molecule has 2 aromatic heterocycles. The standard InChI is InChI=1S/C22H22N6O3/c1-16(29)28-20(17-6-3-2-4-7-17)14-19(25-28)21(30)26-10-12-27(13-11-26)22(31)24-18-8-5-9-23-15-18/h2-9,14-15H,10-13H2,1H3,(H,24,31). The fourth-order valence-electron chi connectivity index (χ4n) is 3.45. The van der Waals surface area contributed by atoms with E-state index in [4.69, 9.17) is 0 Å². The molecule has 1 aromatic carbocycles. The molecule has 1 aliphatic rings. The van der Waals surface area contributed by atoms with Crippen molar-refractivity contribution >= 4 is 23.5 Å². The molecule has 0 bridgehead atoms. The molecular weight excluding hydrogens is 396 g/mol. The van der Waals surface area contributed by atoms with Crippen molar-refractivity contribution in [3.63, 3.8) is 0 Å². The highest BCUT2D eigenvalue weighted by Crippen LogP contribution is 2.21. The van der Waals surface area contributed by atoms with Crippen LogP contribution >= 0.6 is 0 Å². The number of carbonyl (C=O) groups excluding carboxylic acids is 3. The predicted octanol–water partition coefficient (Wildman–Crippen LogP) is 2.60. The first-order valence-corrected chi connectivity index (χ1v) is 9.94. The zero-order valence-corrected chi connectivity index (χ0v) is 17.1. The Morgan fingerprint density at radius 3 is 2.29 bits per heavy atom. The summed E-state index contributed by atoms with van der Waals surface area (Å²) >= 11 is 0. The highest BCUT2D eigenvalue weighted by atomic mass is 16.2. The van der Waals surface area contributed by atoms with Gasteiger partial charge in [0.05, 0.1) is 17.6 Å². The Morgan fingerprint density at radius 1 is 0.935 bits per heavy atom. The van der Waals surface area contributed by atoms with Crippen LogP contribution in [0, 0.1) is 0 Å². The number of pyridine rings is 1. The van der Waals surface area contributed by atoms with Crippen molar-refractivity contribution < 1.29 is 14.4 Å². The maximum Gasteiger partial charge on any atom is 0.322 e. The molecule has 0 saturated carbocycles. The van der Waals surface area contributed by atoms with Gasteiger partial charge in [-0.2, -0.15) is 9.78 Å². The van der Waals surface area contributed by atoms with Crippen molar-refractivity contribution in [2.75, 3.05) is 31.5 Å². The minimum absolute atomic E-state index is 0.210. The lowest BCUT2D eigenvalue weighted by atomic mass is 10.1. The molecule has 31 heavy (non-hydrogen) atoms. The molecule has 4 rings (SSSR count). The lowest BCUT2D eigenvalue weighted by Gasteiger charge is -2.34. The normalized spacial score (nSPS) is 13.7. The third-order valence-electron chi connectivity index (χ3n) is 5.06. The quantitative estimate of drug-likeness (QED) is 0.705. The summed E-state index contributed by atoms with van der Waals surface area (Å²) in [6.07, 6.45) is 3.21. The van der Waals surface area contributed by atoms with E-state index in [1.165, 1.54) is 11.6 Å². The van der Waals surface area contributed by atoms with Crippen molar-refractivity contribution in [3.8, 4) is 11.3 Å². The molecule has 1 aliphatic heterocycles. The van der Waals surface area contributed by atoms with Gasteiger partial charge < -0.3 is 15.1 Å². The first-order valence-electron chi connectivity index (χ1n) is 9.94. The molecule has 1 saturated heterocycles. The average molecular weight is 418 g/mol. The first kappa shape index (κ1) is 20.3. The van der Waals surface area contributed by atoms with Gasteiger partial charge in [0, 0.05) is 44.9 Å². The highest BCUT2D eigenvalue weighted by Gasteiger charge is 2.27. The van der Waals surface area contributed by atoms with Gasteiger partial charge in [-0.1, -0.05) is 30.3 Å². The van der Waals surface area contributed by atoms with Gasteiger partial charge in [0.25, 0.3) is 5.91 Å². The Balaban J connectivity index is 1.43. The minimum atomic E-state index is -0.269. The van der Waals surface area contributed by atoms with Gasteiger partial charge in [0.2, 0.25) is 5.91 Å². The van der Waals surface area contributed by atoms with E-state index < -0.39 is 0 Å². The van der Waals surface area contributed by atoms with Crippen LogP contribution in [0.25, 0.3) is 11.3 Å². The monoisotopic (exact) mass is 418 g/mol. The summed E-state index contributed by atoms with van der Waals surface area (Å²) in [5, 5.41) is 7.04. The van der Waals surface area contributed by atoms with Crippen LogP contribution in [0.1, 0.15) is 22.2 Å². The molecule has 3 aromatic rings. The molecule has 9 nitrogen and oxygen atoms in total. The number of hydrogen-bond donors (Lipinski definition) is 1. The molecule has 0 aliphatic carbocycles. The summed E-state index contributed by atoms with van der Waals surface area (Å²) in [5.41, 5.74) is 2.21. The van der Waals surface area contributed by atoms with E-state index >= 15 is 0 Å². The van der Waals surface area contributed by atoms with Crippen LogP contribution in [0.4, 0.5) is 10.5 Å². The van der Waals surface area contributed by atoms with Crippen LogP contribution in [-0.4, -0.2) is 68.6 Å². The van der Waals surface area contributed by atoms with Gasteiger partial charge in [0.15, 0.2) is 5.69 Å². The second kappa shape index (κ2) is 8.78. The van der Waals surface area contributed by atoms with Gasteiger partial charge >= 0.3 is 6.03 Å². The van der Waals surface area contributed by atoms with Crippen LogP contribution in [-0.2, 0) is 0 Å². The number of amides is 3. The summed E-state index contributed by atoms with van der Waals surface area (Å²) in [7, 11) is 0. The van der Waals surface area contributed by atoms with Crippen molar-refractivity contribution in [2.24, 2.45) is 0 Å². The molecule has 0 unspecified atom stereocenters. The smallest absolute Gasteiger partial charge is 0.322 e. The maximum absolute atomic E-state index is 13.0. The van der Waals surface area contributed by atoms with Crippen LogP contribution in [0.5, 0.6) is 0 Å². The molecular formula is C22H22N6O3. The summed E-state index contributed by atoms with van der Waals surface area (Å²) in [5.74, 6) is -0.528. The summed E-state index contributed by atoms with van der Waals surface area (Å²) in [6.45, 7) is 2.97. The van der Waals surface area contributed by atoms with Gasteiger partial charge in [-0.25, -0.2) is 4.79 Å². The maximum atomic E-state index is 13.0. The number of nitrogens with one attached hydrogen (secondary N) is 1. The number of hydrogen-bond acceptors (Lipinski definition) is 5. The summed E-state index contributed by atoms with van der Waals surface area (Å²) in [4.78, 5) is 44.7. The van der Waals surface area contributed by atoms with E-state index in [0.717, 1.165) is 5.56 Å². The van der Waals surface area contributed by atoms with E-state index in [9.17, 15) is 14.4 Å². The number of carbonyl (C=O) groups is 3. The Hall–Kier alpha value is -4.01. The summed E-state index contributed by atoms with van der Waals surface area (Å²) in [6, 6.07) is 14.3. The van der Waals surface area contributed by atoms with E-state index in [-0.39, 0.29) is 23.5 Å². The second-order valence-corrected chi connectivity index (χ2v) is 7.16. The van der Waals surface area contributed by atoms with Gasteiger partial charge in [-0.05, 0) is 18.2 Å². The van der Waals surface area contributed by atoms with Crippen molar-refractivity contribution in [3.05, 3.63) is 66.6 Å². The molecule has 0 radical (unpaired) electrons. The lowest BCUT2D eigenvalue weighted by molar-refractivity contribution is 0.0665. The van der Waals surface area contributed by atoms with Crippen molar-refractivity contribution in [1.29, 1.82) is 0 Å². The first-order chi connectivity index (χ1) is 15.0. The highest BCUT2D eigenvalue weighted by molar-refractivity contribution is 5.95. The SMILES string of the molecule is CC(=O)n1nc(C(=O)N2CCN(C(=O)Nc3cccnc3)CC2)cc1-c1ccccc1. The van der Waals surface area contributed by atoms with Crippen LogP contribution in [0.2, 0.25) is 0 Å². The third kappa shape index (κ3) is 4.45. The lowest BCUT2D eigenvalue weighted by Crippen LogP contribution is -2.51. The van der Waals surface area contributed by atoms with Gasteiger partial charge in [-0.15, -0.1) is 0 Å². The Kier molecular flexibility index (Phi) is 5.74. The molecule has 9 heteroatoms. The third-order valence-corrected chi connectivity index (χ3v) is 5.06. The van der Waals surface area contributed by atoms with Crippen LogP contribution in [0.3, 0.4) is 0 Å². The molecule has 0 atom stereocenters. The fourth-order valence-corrected chi connectivity index (χ4v) is 3.45. The molecule has 3 amide bonds. The molecule has 1 fully saturated rings. The van der Waals surface area contributed by atoms with Gasteiger partial charge in [0.1, 0.15) is 0 Å². The zero-order chi connectivity index (χ0) is 21.8. The number of urea groups is 1. The number of anilines is 1.